The molecule has 4 aromatic rings. The molecule has 0 fully saturated rings. The van der Waals surface area contributed by atoms with Gasteiger partial charge in [-0.3, -0.25) is 9.59 Å². The van der Waals surface area contributed by atoms with Crippen LogP contribution in [0.1, 0.15) is 39.1 Å². The molecule has 5 rings (SSSR count). The van der Waals surface area contributed by atoms with Crippen molar-refractivity contribution in [2.45, 2.75) is 24.2 Å². The zero-order valence-corrected chi connectivity index (χ0v) is 23.4. The molecule has 3 heterocycles. The summed E-state index contributed by atoms with van der Waals surface area (Å²) in [7, 11) is 1.79. The largest absolute Gasteiger partial charge is 0.344 e. The molecule has 1 atom stereocenters. The number of nitrogens with one attached hydrogen (secondary N) is 1. The predicted molar refractivity (Wildman–Crippen MR) is 148 cm³/mol. The van der Waals surface area contributed by atoms with E-state index in [0.717, 1.165) is 21.3 Å². The van der Waals surface area contributed by atoms with Gasteiger partial charge in [0.1, 0.15) is 5.82 Å². The number of benzene rings is 2. The number of rotatable bonds is 8. The van der Waals surface area contributed by atoms with Gasteiger partial charge < -0.3 is 9.88 Å². The molecule has 0 saturated carbocycles. The van der Waals surface area contributed by atoms with E-state index in [9.17, 15) is 14.0 Å². The third-order valence-corrected chi connectivity index (χ3v) is 8.40. The number of nitrogens with zero attached hydrogens (tertiary/aromatic N) is 5. The molecule has 1 N–H and O–H groups in total. The molecule has 0 aliphatic carbocycles. The van der Waals surface area contributed by atoms with Gasteiger partial charge in [0.25, 0.3) is 11.8 Å². The molecular formula is C26H22BrFN6O2S2. The topological polar surface area (TPSA) is 92.5 Å². The van der Waals surface area contributed by atoms with Crippen LogP contribution < -0.4 is 5.32 Å². The van der Waals surface area contributed by atoms with Crippen molar-refractivity contribution in [1.29, 1.82) is 0 Å². The fourth-order valence-electron chi connectivity index (χ4n) is 3.97. The monoisotopic (exact) mass is 612 g/mol. The summed E-state index contributed by atoms with van der Waals surface area (Å²) in [6.07, 6.45) is 0.516. The molecule has 2 aromatic heterocycles. The van der Waals surface area contributed by atoms with Gasteiger partial charge in [-0.1, -0.05) is 58.0 Å². The van der Waals surface area contributed by atoms with E-state index in [1.807, 2.05) is 35.7 Å². The molecule has 38 heavy (non-hydrogen) atoms. The Morgan fingerprint density at radius 2 is 1.89 bits per heavy atom. The number of hydrogen-bond acceptors (Lipinski definition) is 7. The van der Waals surface area contributed by atoms with Crippen LogP contribution in [0.4, 0.5) is 4.39 Å². The number of carbonyl (C=O) groups is 2. The summed E-state index contributed by atoms with van der Waals surface area (Å²) < 4.78 is 16.3. The Bertz CT molecular complexity index is 1470. The van der Waals surface area contributed by atoms with Crippen LogP contribution in [-0.4, -0.2) is 43.1 Å². The van der Waals surface area contributed by atoms with Gasteiger partial charge in [0, 0.05) is 17.9 Å². The zero-order valence-electron chi connectivity index (χ0n) is 20.2. The Morgan fingerprint density at radius 3 is 2.61 bits per heavy atom. The second kappa shape index (κ2) is 11.6. The van der Waals surface area contributed by atoms with Gasteiger partial charge in [0.2, 0.25) is 0 Å². The van der Waals surface area contributed by atoms with Crippen molar-refractivity contribution < 1.29 is 14.0 Å². The average Bonchev–Trinajstić information content (AvgIpc) is 3.68. The number of carbonyl (C=O) groups excluding carboxylic acids is 2. The summed E-state index contributed by atoms with van der Waals surface area (Å²) in [5.74, 6) is -0.0492. The van der Waals surface area contributed by atoms with E-state index >= 15 is 0 Å². The standard InChI is InChI=1S/C26H22BrFN6O2S2/c1-33-23(14-29-25(36)22-3-2-12-37-22)30-31-26(33)38-15-24(35)34-21(17-6-10-19(28)11-7-17)13-20(32-34)16-4-8-18(27)9-5-16/h2-12,21H,13-15H2,1H3,(H,29,36)/t21-/m1/s1. The van der Waals surface area contributed by atoms with Gasteiger partial charge >= 0.3 is 0 Å². The Morgan fingerprint density at radius 1 is 1.13 bits per heavy atom. The molecule has 194 valence electrons. The third kappa shape index (κ3) is 5.87. The Labute approximate surface area is 235 Å². The van der Waals surface area contributed by atoms with Crippen LogP contribution in [0.25, 0.3) is 0 Å². The summed E-state index contributed by atoms with van der Waals surface area (Å²) in [5.41, 5.74) is 2.52. The second-order valence-corrected chi connectivity index (χ2v) is 11.3. The highest BCUT2D eigenvalue weighted by atomic mass is 79.9. The van der Waals surface area contributed by atoms with E-state index in [2.05, 4.69) is 36.5 Å². The molecule has 0 radical (unpaired) electrons. The maximum Gasteiger partial charge on any atom is 0.261 e. The first kappa shape index (κ1) is 26.3. The van der Waals surface area contributed by atoms with Crippen molar-refractivity contribution in [3.05, 3.63) is 98.2 Å². The van der Waals surface area contributed by atoms with E-state index in [0.29, 0.717) is 22.3 Å². The lowest BCUT2D eigenvalue weighted by molar-refractivity contribution is -0.130. The van der Waals surface area contributed by atoms with Gasteiger partial charge in [0.05, 0.1) is 28.9 Å². The van der Waals surface area contributed by atoms with Crippen molar-refractivity contribution in [2.75, 3.05) is 5.75 Å². The lowest BCUT2D eigenvalue weighted by atomic mass is 9.98. The molecule has 0 unspecified atom stereocenters. The van der Waals surface area contributed by atoms with Crippen LogP contribution >= 0.6 is 39.0 Å². The number of thiophene rings is 1. The van der Waals surface area contributed by atoms with Crippen LogP contribution in [0.5, 0.6) is 0 Å². The van der Waals surface area contributed by atoms with Crippen LogP contribution in [0.15, 0.2) is 80.8 Å². The third-order valence-electron chi connectivity index (χ3n) is 6.00. The number of halogens is 2. The molecule has 1 aliphatic heterocycles. The molecule has 0 spiro atoms. The van der Waals surface area contributed by atoms with Crippen molar-refractivity contribution in [3.63, 3.8) is 0 Å². The van der Waals surface area contributed by atoms with Crippen molar-refractivity contribution in [3.8, 4) is 0 Å². The van der Waals surface area contributed by atoms with E-state index in [1.165, 1.54) is 40.2 Å². The van der Waals surface area contributed by atoms with Gasteiger partial charge in [0.15, 0.2) is 11.0 Å². The minimum Gasteiger partial charge on any atom is -0.344 e. The first-order chi connectivity index (χ1) is 18.4. The summed E-state index contributed by atoms with van der Waals surface area (Å²) in [6, 6.07) is 17.2. The van der Waals surface area contributed by atoms with Crippen LogP contribution in [-0.2, 0) is 18.4 Å². The van der Waals surface area contributed by atoms with E-state index in [4.69, 9.17) is 0 Å². The highest BCUT2D eigenvalue weighted by molar-refractivity contribution is 9.10. The smallest absolute Gasteiger partial charge is 0.261 e. The van der Waals surface area contributed by atoms with E-state index in [-0.39, 0.29) is 36.0 Å². The summed E-state index contributed by atoms with van der Waals surface area (Å²) >= 11 is 6.06. The molecule has 2 amide bonds. The summed E-state index contributed by atoms with van der Waals surface area (Å²) in [6.45, 7) is 0.217. The van der Waals surface area contributed by atoms with E-state index < -0.39 is 0 Å². The van der Waals surface area contributed by atoms with E-state index in [1.54, 1.807) is 29.8 Å². The molecular weight excluding hydrogens is 591 g/mol. The number of hydrazone groups is 1. The highest BCUT2D eigenvalue weighted by Gasteiger charge is 2.33. The van der Waals surface area contributed by atoms with Crippen LogP contribution in [0.2, 0.25) is 0 Å². The summed E-state index contributed by atoms with van der Waals surface area (Å²) in [4.78, 5) is 26.2. The van der Waals surface area contributed by atoms with Gasteiger partial charge in [-0.05, 0) is 46.8 Å². The lowest BCUT2D eigenvalue weighted by Crippen LogP contribution is -2.28. The molecule has 8 nitrogen and oxygen atoms in total. The first-order valence-electron chi connectivity index (χ1n) is 11.6. The normalized spacial score (nSPS) is 15.0. The highest BCUT2D eigenvalue weighted by Crippen LogP contribution is 2.34. The quantitative estimate of drug-likeness (QED) is 0.277. The maximum absolute atomic E-state index is 13.6. The Kier molecular flexibility index (Phi) is 8.01. The van der Waals surface area contributed by atoms with Gasteiger partial charge in [-0.25, -0.2) is 9.40 Å². The number of thioether (sulfide) groups is 1. The zero-order chi connectivity index (χ0) is 26.6. The fraction of sp³-hybridized carbons (Fsp3) is 0.192. The van der Waals surface area contributed by atoms with Crippen molar-refractivity contribution in [2.24, 2.45) is 12.1 Å². The van der Waals surface area contributed by atoms with Crippen LogP contribution in [0.3, 0.4) is 0 Å². The Balaban J connectivity index is 1.28. The Hall–Kier alpha value is -3.35. The summed E-state index contributed by atoms with van der Waals surface area (Å²) in [5, 5.41) is 19.7. The number of amides is 2. The fourth-order valence-corrected chi connectivity index (χ4v) is 5.66. The number of aromatic nitrogens is 3. The van der Waals surface area contributed by atoms with Crippen LogP contribution in [0, 0.1) is 5.82 Å². The molecule has 0 bridgehead atoms. The lowest BCUT2D eigenvalue weighted by Gasteiger charge is -2.22. The molecule has 1 aliphatic rings. The average molecular weight is 614 g/mol. The molecule has 2 aromatic carbocycles. The van der Waals surface area contributed by atoms with Crippen molar-refractivity contribution in [1.82, 2.24) is 25.1 Å². The van der Waals surface area contributed by atoms with Gasteiger partial charge in [-0.2, -0.15) is 5.10 Å². The maximum atomic E-state index is 13.6. The number of hydrogen-bond donors (Lipinski definition) is 1. The minimum atomic E-state index is -0.343. The van der Waals surface area contributed by atoms with Crippen molar-refractivity contribution >= 4 is 56.6 Å². The molecule has 0 saturated heterocycles. The second-order valence-electron chi connectivity index (χ2n) is 8.47. The van der Waals surface area contributed by atoms with Gasteiger partial charge in [-0.15, -0.1) is 21.5 Å². The SMILES string of the molecule is Cn1c(CNC(=O)c2cccs2)nnc1SCC(=O)N1N=C(c2ccc(Br)cc2)C[C@@H]1c1ccc(F)cc1. The minimum absolute atomic E-state index is 0.0857. The predicted octanol–water partition coefficient (Wildman–Crippen LogP) is 5.18. The molecule has 12 heteroatoms. The first-order valence-corrected chi connectivity index (χ1v) is 14.3.